The molecular formula is C39H36N10O3. The molecule has 0 aliphatic carbocycles. The van der Waals surface area contributed by atoms with Crippen LogP contribution >= 0.6 is 0 Å². The normalized spacial score (nSPS) is 10.8. The largest absolute Gasteiger partial charge is 0.351 e. The first-order valence-corrected chi connectivity index (χ1v) is 16.7. The van der Waals surface area contributed by atoms with Crippen molar-refractivity contribution in [3.8, 4) is 34.2 Å². The Morgan fingerprint density at radius 3 is 0.962 bits per heavy atom. The number of nitrogens with one attached hydrogen (secondary N) is 3. The van der Waals surface area contributed by atoms with Gasteiger partial charge in [0.05, 0.1) is 50.9 Å². The summed E-state index contributed by atoms with van der Waals surface area (Å²) in [4.78, 5) is 66.8. The lowest BCUT2D eigenvalue weighted by atomic mass is 10.2. The van der Waals surface area contributed by atoms with Gasteiger partial charge in [0.25, 0.3) is 17.7 Å². The van der Waals surface area contributed by atoms with E-state index in [2.05, 4.69) is 45.9 Å². The number of nitrogens with zero attached hydrogens (tertiary/aromatic N) is 7. The Bertz CT molecular complexity index is 1810. The minimum absolute atomic E-state index is 0.259. The van der Waals surface area contributed by atoms with E-state index >= 15 is 0 Å². The van der Waals surface area contributed by atoms with Gasteiger partial charge in [0.15, 0.2) is 0 Å². The Hall–Kier alpha value is -6.73. The number of aromatic nitrogens is 6. The van der Waals surface area contributed by atoms with Crippen LogP contribution in [0, 0.1) is 0 Å². The second-order valence-corrected chi connectivity index (χ2v) is 11.6. The van der Waals surface area contributed by atoms with Crippen LogP contribution < -0.4 is 16.0 Å². The minimum Gasteiger partial charge on any atom is -0.351 e. The number of pyridine rings is 6. The van der Waals surface area contributed by atoms with Gasteiger partial charge in [0.2, 0.25) is 0 Å². The molecule has 52 heavy (non-hydrogen) atoms. The third-order valence-corrected chi connectivity index (χ3v) is 8.00. The lowest BCUT2D eigenvalue weighted by Crippen LogP contribution is -2.43. The van der Waals surface area contributed by atoms with Gasteiger partial charge in [0, 0.05) is 76.4 Å². The van der Waals surface area contributed by atoms with Crippen molar-refractivity contribution in [1.29, 1.82) is 0 Å². The van der Waals surface area contributed by atoms with Crippen LogP contribution in [0.3, 0.4) is 0 Å². The van der Waals surface area contributed by atoms with E-state index in [1.54, 1.807) is 55.0 Å². The molecule has 0 saturated heterocycles. The van der Waals surface area contributed by atoms with E-state index in [1.807, 2.05) is 59.5 Å². The zero-order valence-electron chi connectivity index (χ0n) is 28.2. The highest BCUT2D eigenvalue weighted by Gasteiger charge is 2.13. The minimum atomic E-state index is -0.259. The number of amides is 3. The van der Waals surface area contributed by atoms with Gasteiger partial charge < -0.3 is 16.0 Å². The van der Waals surface area contributed by atoms with Crippen molar-refractivity contribution in [3.63, 3.8) is 0 Å². The van der Waals surface area contributed by atoms with Crippen LogP contribution in [0.15, 0.2) is 128 Å². The van der Waals surface area contributed by atoms with Gasteiger partial charge in [-0.1, -0.05) is 18.2 Å². The molecule has 0 bridgehead atoms. The molecule has 3 N–H and O–H groups in total. The van der Waals surface area contributed by atoms with Crippen LogP contribution in [0.4, 0.5) is 0 Å². The molecule has 0 atom stereocenters. The quantitative estimate of drug-likeness (QED) is 0.143. The molecule has 0 radical (unpaired) electrons. The average molecular weight is 693 g/mol. The summed E-state index contributed by atoms with van der Waals surface area (Å²) in [6, 6.07) is 27.1. The maximum Gasteiger partial charge on any atom is 0.252 e. The van der Waals surface area contributed by atoms with Gasteiger partial charge in [0.1, 0.15) is 0 Å². The summed E-state index contributed by atoms with van der Waals surface area (Å²) in [7, 11) is 0. The van der Waals surface area contributed by atoms with Crippen molar-refractivity contribution in [2.24, 2.45) is 0 Å². The summed E-state index contributed by atoms with van der Waals surface area (Å²) in [5, 5.41) is 8.82. The zero-order valence-corrected chi connectivity index (χ0v) is 28.2. The van der Waals surface area contributed by atoms with Crippen molar-refractivity contribution in [1.82, 2.24) is 50.8 Å². The highest BCUT2D eigenvalue weighted by Crippen LogP contribution is 2.15. The molecule has 0 fully saturated rings. The summed E-state index contributed by atoms with van der Waals surface area (Å²) >= 11 is 0. The van der Waals surface area contributed by atoms with Crippen LogP contribution in [0.1, 0.15) is 31.1 Å². The van der Waals surface area contributed by atoms with Crippen molar-refractivity contribution in [2.75, 3.05) is 39.3 Å². The Kier molecular flexibility index (Phi) is 12.0. The number of rotatable bonds is 15. The van der Waals surface area contributed by atoms with Crippen molar-refractivity contribution >= 4 is 17.7 Å². The topological polar surface area (TPSA) is 168 Å². The summed E-state index contributed by atoms with van der Waals surface area (Å²) in [6.45, 7) is 2.41. The molecular weight excluding hydrogens is 656 g/mol. The molecule has 6 aromatic rings. The van der Waals surface area contributed by atoms with Crippen molar-refractivity contribution in [3.05, 3.63) is 145 Å². The van der Waals surface area contributed by atoms with E-state index in [0.717, 1.165) is 17.1 Å². The Morgan fingerprint density at radius 1 is 0.404 bits per heavy atom. The van der Waals surface area contributed by atoms with E-state index in [-0.39, 0.29) is 17.7 Å². The molecule has 0 aromatic carbocycles. The van der Waals surface area contributed by atoms with Gasteiger partial charge in [-0.3, -0.25) is 49.2 Å². The fourth-order valence-electron chi connectivity index (χ4n) is 5.21. The third-order valence-electron chi connectivity index (χ3n) is 8.00. The molecule has 6 aromatic heterocycles. The summed E-state index contributed by atoms with van der Waals surface area (Å²) in [5.74, 6) is -0.778. The van der Waals surface area contributed by atoms with Crippen LogP contribution in [0.25, 0.3) is 34.2 Å². The summed E-state index contributed by atoms with van der Waals surface area (Å²) < 4.78 is 0. The maximum absolute atomic E-state index is 12.9. The van der Waals surface area contributed by atoms with Gasteiger partial charge in [-0.05, 0) is 72.8 Å². The van der Waals surface area contributed by atoms with Gasteiger partial charge in [-0.15, -0.1) is 0 Å². The lowest BCUT2D eigenvalue weighted by molar-refractivity contribution is 0.0948. The Labute approximate surface area is 300 Å². The monoisotopic (exact) mass is 692 g/mol. The highest BCUT2D eigenvalue weighted by molar-refractivity contribution is 5.95. The van der Waals surface area contributed by atoms with E-state index < -0.39 is 0 Å². The van der Waals surface area contributed by atoms with Crippen molar-refractivity contribution in [2.45, 2.75) is 0 Å². The van der Waals surface area contributed by atoms with Crippen LogP contribution in [0.5, 0.6) is 0 Å². The Morgan fingerprint density at radius 2 is 0.712 bits per heavy atom. The van der Waals surface area contributed by atoms with Gasteiger partial charge in [-0.2, -0.15) is 0 Å². The van der Waals surface area contributed by atoms with Crippen LogP contribution in [0.2, 0.25) is 0 Å². The van der Waals surface area contributed by atoms with E-state index in [4.69, 9.17) is 0 Å². The molecule has 260 valence electrons. The number of hydrogen-bond donors (Lipinski definition) is 3. The molecule has 6 rings (SSSR count). The first-order valence-electron chi connectivity index (χ1n) is 16.7. The second kappa shape index (κ2) is 17.8. The molecule has 13 nitrogen and oxygen atoms in total. The summed E-state index contributed by atoms with van der Waals surface area (Å²) in [6.07, 6.45) is 9.65. The first-order chi connectivity index (χ1) is 25.5. The lowest BCUT2D eigenvalue weighted by Gasteiger charge is -2.23. The van der Waals surface area contributed by atoms with Gasteiger partial charge >= 0.3 is 0 Å². The Balaban J connectivity index is 1.02. The zero-order chi connectivity index (χ0) is 36.0. The van der Waals surface area contributed by atoms with Gasteiger partial charge in [-0.25, -0.2) is 0 Å². The number of carbonyl (C=O) groups excluding carboxylic acids is 3. The standard InChI is InChI=1S/C39H36N10O3/c50-37(28-10-13-34(46-25-28)31-7-1-4-16-40-31)43-19-22-49(23-20-44-38(51)29-11-14-35(47-26-29)32-8-2-5-17-41-32)24-21-45-39(52)30-12-15-36(48-27-30)33-9-3-6-18-42-33/h1-18,25-27H,19-24H2,(H,43,50)(H,44,51)(H,45,52). The van der Waals surface area contributed by atoms with Crippen molar-refractivity contribution < 1.29 is 14.4 Å². The number of hydrogen-bond acceptors (Lipinski definition) is 10. The maximum atomic E-state index is 12.9. The molecule has 0 aliphatic rings. The fraction of sp³-hybridized carbons (Fsp3) is 0.154. The van der Waals surface area contributed by atoms with Crippen LogP contribution in [-0.4, -0.2) is 91.8 Å². The number of carbonyl (C=O) groups is 3. The molecule has 3 amide bonds. The molecule has 13 heteroatoms. The highest BCUT2D eigenvalue weighted by atomic mass is 16.2. The van der Waals surface area contributed by atoms with E-state index in [0.29, 0.717) is 73.0 Å². The molecule has 0 unspecified atom stereocenters. The van der Waals surface area contributed by atoms with Crippen LogP contribution in [-0.2, 0) is 0 Å². The molecule has 0 aliphatic heterocycles. The predicted octanol–water partition coefficient (Wildman–Crippen LogP) is 3.95. The molecule has 6 heterocycles. The second-order valence-electron chi connectivity index (χ2n) is 11.6. The summed E-state index contributed by atoms with van der Waals surface area (Å²) in [5.41, 5.74) is 5.47. The SMILES string of the molecule is O=C(NCCN(CCNC(=O)c1ccc(-c2ccccn2)nc1)CCNC(=O)c1ccc(-c2ccccn2)nc1)c1ccc(-c2ccccn2)nc1. The molecule has 0 saturated carbocycles. The van der Waals surface area contributed by atoms with E-state index in [1.165, 1.54) is 18.6 Å². The third kappa shape index (κ3) is 9.70. The average Bonchev–Trinajstić information content (AvgIpc) is 3.21. The first kappa shape index (κ1) is 35.1. The van der Waals surface area contributed by atoms with E-state index in [9.17, 15) is 14.4 Å². The smallest absolute Gasteiger partial charge is 0.252 e. The fourth-order valence-corrected chi connectivity index (χ4v) is 5.21. The molecule has 0 spiro atoms. The predicted molar refractivity (Wildman–Crippen MR) is 196 cm³/mol.